The summed E-state index contributed by atoms with van der Waals surface area (Å²) in [6.07, 6.45) is 0.935. The number of rotatable bonds is 9. The van der Waals surface area contributed by atoms with Gasteiger partial charge in [0.05, 0.1) is 18.8 Å². The Bertz CT molecular complexity index is 406. The van der Waals surface area contributed by atoms with Crippen molar-refractivity contribution in [3.63, 3.8) is 0 Å². The highest BCUT2D eigenvalue weighted by Gasteiger charge is 2.07. The van der Waals surface area contributed by atoms with Crippen LogP contribution >= 0.6 is 11.8 Å². The molecule has 1 aromatic carbocycles. The van der Waals surface area contributed by atoms with Crippen LogP contribution in [-0.2, 0) is 9.47 Å². The van der Waals surface area contributed by atoms with Gasteiger partial charge in [0.2, 0.25) is 0 Å². The van der Waals surface area contributed by atoms with Gasteiger partial charge >= 0.3 is 5.97 Å². The Morgan fingerprint density at radius 1 is 1.32 bits per heavy atom. The molecule has 0 aromatic heterocycles. The molecule has 0 bridgehead atoms. The summed E-state index contributed by atoms with van der Waals surface area (Å²) in [5, 5.41) is 9.04. The summed E-state index contributed by atoms with van der Waals surface area (Å²) in [6.45, 7) is 3.75. The highest BCUT2D eigenvalue weighted by Crippen LogP contribution is 2.22. The average Bonchev–Trinajstić information content (AvgIpc) is 2.39. The second kappa shape index (κ2) is 8.96. The zero-order valence-corrected chi connectivity index (χ0v) is 12.2. The quantitative estimate of drug-likeness (QED) is 0.558. The molecule has 1 rings (SSSR count). The molecule has 1 N–H and O–H groups in total. The van der Waals surface area contributed by atoms with Crippen LogP contribution in [0.4, 0.5) is 0 Å². The van der Waals surface area contributed by atoms with Crippen LogP contribution in [0.2, 0.25) is 0 Å². The first kappa shape index (κ1) is 16.0. The Kier molecular flexibility index (Phi) is 7.55. The smallest absolute Gasteiger partial charge is 0.335 e. The Balaban J connectivity index is 2.30. The van der Waals surface area contributed by atoms with Crippen LogP contribution in [0.3, 0.4) is 0 Å². The Hall–Kier alpha value is -1.04. The van der Waals surface area contributed by atoms with Gasteiger partial charge in [-0.2, -0.15) is 0 Å². The first-order chi connectivity index (χ1) is 9.15. The van der Waals surface area contributed by atoms with Gasteiger partial charge in [0.25, 0.3) is 0 Å². The summed E-state index contributed by atoms with van der Waals surface area (Å²) in [4.78, 5) is 12.0. The maximum absolute atomic E-state index is 11.0. The van der Waals surface area contributed by atoms with Crippen LogP contribution in [0, 0.1) is 6.92 Å². The number of benzene rings is 1. The van der Waals surface area contributed by atoms with Crippen molar-refractivity contribution in [1.82, 2.24) is 0 Å². The zero-order chi connectivity index (χ0) is 14.1. The fourth-order valence-electron chi connectivity index (χ4n) is 1.52. The van der Waals surface area contributed by atoms with Crippen molar-refractivity contribution < 1.29 is 19.4 Å². The van der Waals surface area contributed by atoms with Crippen LogP contribution < -0.4 is 0 Å². The van der Waals surface area contributed by atoms with Crippen molar-refractivity contribution in [3.8, 4) is 0 Å². The molecular formula is C14H20O4S. The van der Waals surface area contributed by atoms with Crippen molar-refractivity contribution in [2.45, 2.75) is 18.2 Å². The van der Waals surface area contributed by atoms with Crippen LogP contribution in [0.5, 0.6) is 0 Å². The summed E-state index contributed by atoms with van der Waals surface area (Å²) < 4.78 is 10.2. The number of thioether (sulfide) groups is 1. The van der Waals surface area contributed by atoms with Crippen molar-refractivity contribution in [1.29, 1.82) is 0 Å². The highest BCUT2D eigenvalue weighted by atomic mass is 32.2. The molecule has 0 heterocycles. The molecule has 0 fully saturated rings. The predicted octanol–water partition coefficient (Wildman–Crippen LogP) is 2.84. The Morgan fingerprint density at radius 2 is 2.11 bits per heavy atom. The normalized spacial score (nSPS) is 10.6. The van der Waals surface area contributed by atoms with Crippen molar-refractivity contribution in [2.24, 2.45) is 0 Å². The van der Waals surface area contributed by atoms with Gasteiger partial charge in [-0.3, -0.25) is 0 Å². The van der Waals surface area contributed by atoms with Crippen LogP contribution in [0.15, 0.2) is 23.1 Å². The number of hydrogen-bond acceptors (Lipinski definition) is 4. The van der Waals surface area contributed by atoms with Gasteiger partial charge in [0, 0.05) is 24.4 Å². The Labute approximate surface area is 118 Å². The summed E-state index contributed by atoms with van der Waals surface area (Å²) in [5.74, 6) is 0.0394. The number of hydrogen-bond donors (Lipinski definition) is 1. The van der Waals surface area contributed by atoms with E-state index in [-0.39, 0.29) is 0 Å². The second-order valence-corrected chi connectivity index (χ2v) is 5.26. The van der Waals surface area contributed by atoms with E-state index in [4.69, 9.17) is 14.6 Å². The van der Waals surface area contributed by atoms with Gasteiger partial charge in [0.15, 0.2) is 0 Å². The molecule has 0 saturated heterocycles. The number of aryl methyl sites for hydroxylation is 1. The summed E-state index contributed by atoms with van der Waals surface area (Å²) >= 11 is 1.65. The predicted molar refractivity (Wildman–Crippen MR) is 76.2 cm³/mol. The van der Waals surface area contributed by atoms with E-state index in [1.807, 2.05) is 19.1 Å². The molecule has 106 valence electrons. The minimum atomic E-state index is -0.872. The Morgan fingerprint density at radius 3 is 2.79 bits per heavy atom. The van der Waals surface area contributed by atoms with Crippen molar-refractivity contribution in [2.75, 3.05) is 32.7 Å². The highest BCUT2D eigenvalue weighted by molar-refractivity contribution is 7.99. The minimum absolute atomic E-state index is 0.376. The van der Waals surface area contributed by atoms with E-state index in [1.165, 1.54) is 0 Å². The molecule has 4 nitrogen and oxygen atoms in total. The third-order valence-corrected chi connectivity index (χ3v) is 3.65. The van der Waals surface area contributed by atoms with Gasteiger partial charge in [-0.05, 0) is 31.0 Å². The molecule has 0 saturated carbocycles. The molecule has 0 spiro atoms. The number of ether oxygens (including phenoxy) is 2. The van der Waals surface area contributed by atoms with Crippen LogP contribution in [-0.4, -0.2) is 43.8 Å². The molecule has 5 heteroatoms. The van der Waals surface area contributed by atoms with E-state index in [0.29, 0.717) is 25.4 Å². The molecular weight excluding hydrogens is 264 g/mol. The fourth-order valence-corrected chi connectivity index (χ4v) is 2.38. The lowest BCUT2D eigenvalue weighted by molar-refractivity contribution is 0.0695. The monoisotopic (exact) mass is 284 g/mol. The van der Waals surface area contributed by atoms with E-state index in [1.54, 1.807) is 24.9 Å². The van der Waals surface area contributed by atoms with E-state index >= 15 is 0 Å². The molecule has 0 aliphatic carbocycles. The molecule has 1 aromatic rings. The first-order valence-corrected chi connectivity index (χ1v) is 7.17. The lowest BCUT2D eigenvalue weighted by Crippen LogP contribution is -2.03. The number of carboxylic acids is 1. The van der Waals surface area contributed by atoms with Gasteiger partial charge in [-0.25, -0.2) is 4.79 Å². The lowest BCUT2D eigenvalue weighted by atomic mass is 10.1. The number of methoxy groups -OCH3 is 1. The summed E-state index contributed by atoms with van der Waals surface area (Å²) in [5.41, 5.74) is 1.17. The molecule has 0 aliphatic rings. The molecule has 0 aliphatic heterocycles. The number of aromatic carboxylic acids is 1. The van der Waals surface area contributed by atoms with Crippen molar-refractivity contribution in [3.05, 3.63) is 29.3 Å². The number of carboxylic acid groups (broad SMARTS) is 1. The second-order valence-electron chi connectivity index (χ2n) is 4.09. The molecule has 0 amide bonds. The van der Waals surface area contributed by atoms with Crippen LogP contribution in [0.1, 0.15) is 22.3 Å². The van der Waals surface area contributed by atoms with Gasteiger partial charge in [0.1, 0.15) is 0 Å². The molecule has 0 radical (unpaired) electrons. The van der Waals surface area contributed by atoms with Gasteiger partial charge in [-0.1, -0.05) is 6.07 Å². The molecule has 19 heavy (non-hydrogen) atoms. The third kappa shape index (κ3) is 6.09. The first-order valence-electron chi connectivity index (χ1n) is 6.18. The van der Waals surface area contributed by atoms with E-state index in [9.17, 15) is 4.79 Å². The fraction of sp³-hybridized carbons (Fsp3) is 0.500. The van der Waals surface area contributed by atoms with E-state index in [0.717, 1.165) is 22.6 Å². The maximum Gasteiger partial charge on any atom is 0.335 e. The minimum Gasteiger partial charge on any atom is -0.478 e. The lowest BCUT2D eigenvalue weighted by Gasteiger charge is -2.06. The van der Waals surface area contributed by atoms with Gasteiger partial charge < -0.3 is 14.6 Å². The van der Waals surface area contributed by atoms with E-state index < -0.39 is 5.97 Å². The molecule has 0 unspecified atom stereocenters. The SMILES string of the molecule is COCCOCCCSc1ccc(C)c(C(=O)O)c1. The number of carbonyl (C=O) groups is 1. The standard InChI is InChI=1S/C14H20O4S/c1-11-4-5-12(10-13(11)14(15)16)19-9-3-6-18-8-7-17-2/h4-5,10H,3,6-9H2,1-2H3,(H,15,16). The average molecular weight is 284 g/mol. The van der Waals surface area contributed by atoms with Crippen LogP contribution in [0.25, 0.3) is 0 Å². The molecule has 0 atom stereocenters. The summed E-state index contributed by atoms with van der Waals surface area (Å²) in [7, 11) is 1.65. The third-order valence-electron chi connectivity index (χ3n) is 2.57. The zero-order valence-electron chi connectivity index (χ0n) is 11.3. The van der Waals surface area contributed by atoms with Gasteiger partial charge in [-0.15, -0.1) is 11.8 Å². The maximum atomic E-state index is 11.0. The van der Waals surface area contributed by atoms with Crippen molar-refractivity contribution >= 4 is 17.7 Å². The summed E-state index contributed by atoms with van der Waals surface area (Å²) in [6, 6.07) is 5.53. The van der Waals surface area contributed by atoms with E-state index in [2.05, 4.69) is 0 Å². The topological polar surface area (TPSA) is 55.8 Å². The largest absolute Gasteiger partial charge is 0.478 e.